The van der Waals surface area contributed by atoms with Crippen LogP contribution in [0, 0.1) is 0 Å². The summed E-state index contributed by atoms with van der Waals surface area (Å²) < 4.78 is 0. The molecule has 1 N–H and O–H groups in total. The van der Waals surface area contributed by atoms with E-state index in [9.17, 15) is 4.79 Å². The number of nitrogens with one attached hydrogen (secondary N) is 1. The van der Waals surface area contributed by atoms with Crippen molar-refractivity contribution in [2.75, 3.05) is 13.1 Å². The van der Waals surface area contributed by atoms with E-state index in [0.717, 1.165) is 19.5 Å². The van der Waals surface area contributed by atoms with E-state index in [4.69, 9.17) is 0 Å². The molecule has 58 valence electrons. The second-order valence-corrected chi connectivity index (χ2v) is 2.96. The summed E-state index contributed by atoms with van der Waals surface area (Å²) in [4.78, 5) is 12.2. The molecule has 10 heavy (non-hydrogen) atoms. The number of hydrogen-bond donors (Lipinski definition) is 1. The summed E-state index contributed by atoms with van der Waals surface area (Å²) in [5.41, 5.74) is 0. The van der Waals surface area contributed by atoms with Crippen molar-refractivity contribution in [1.29, 1.82) is 0 Å². The van der Waals surface area contributed by atoms with Crippen LogP contribution in [0.4, 0.5) is 0 Å². The lowest BCUT2D eigenvalue weighted by Gasteiger charge is -2.34. The monoisotopic (exact) mass is 142 g/mol. The second kappa shape index (κ2) is 3.01. The highest BCUT2D eigenvalue weighted by atomic mass is 16.1. The molecular formula is C7H14N2O. The van der Waals surface area contributed by atoms with Crippen molar-refractivity contribution in [3.63, 3.8) is 0 Å². The van der Waals surface area contributed by atoms with Crippen LogP contribution >= 0.6 is 0 Å². The van der Waals surface area contributed by atoms with Crippen LogP contribution in [0.25, 0.3) is 0 Å². The van der Waals surface area contributed by atoms with Crippen molar-refractivity contribution in [2.45, 2.75) is 25.9 Å². The summed E-state index contributed by atoms with van der Waals surface area (Å²) >= 11 is 0. The number of carbonyl (C=O) groups excluding carboxylic acids is 1. The third-order valence-corrected chi connectivity index (χ3v) is 1.95. The van der Waals surface area contributed by atoms with Gasteiger partial charge in [0.05, 0.1) is 0 Å². The van der Waals surface area contributed by atoms with Gasteiger partial charge in [-0.3, -0.25) is 4.79 Å². The highest BCUT2D eigenvalue weighted by Crippen LogP contribution is 2.02. The molecule has 1 rings (SSSR count). The van der Waals surface area contributed by atoms with Gasteiger partial charge in [0.2, 0.25) is 6.41 Å². The van der Waals surface area contributed by atoms with E-state index < -0.39 is 0 Å². The van der Waals surface area contributed by atoms with E-state index >= 15 is 0 Å². The molecule has 1 fully saturated rings. The number of piperazine rings is 1. The summed E-state index contributed by atoms with van der Waals surface area (Å²) in [5, 5.41) is 3.30. The summed E-state index contributed by atoms with van der Waals surface area (Å²) in [6.45, 7) is 5.89. The van der Waals surface area contributed by atoms with Gasteiger partial charge in [0, 0.05) is 25.2 Å². The van der Waals surface area contributed by atoms with E-state index in [1.165, 1.54) is 0 Å². The first-order valence-corrected chi connectivity index (χ1v) is 3.68. The summed E-state index contributed by atoms with van der Waals surface area (Å²) in [7, 11) is 0. The minimum Gasteiger partial charge on any atom is -0.340 e. The minimum atomic E-state index is 0.355. The van der Waals surface area contributed by atoms with Crippen molar-refractivity contribution >= 4 is 6.41 Å². The molecule has 0 unspecified atom stereocenters. The standard InChI is InChI=1S/C7H14N2O/c1-6-4-9(5-10)7(2)3-8-6/h5-8H,3-4H2,1-2H3/t6-,7+/m1/s1. The molecule has 1 saturated heterocycles. The van der Waals surface area contributed by atoms with Crippen molar-refractivity contribution in [2.24, 2.45) is 0 Å². The van der Waals surface area contributed by atoms with Crippen molar-refractivity contribution in [3.05, 3.63) is 0 Å². The van der Waals surface area contributed by atoms with Crippen molar-refractivity contribution in [3.8, 4) is 0 Å². The molecule has 2 atom stereocenters. The quantitative estimate of drug-likeness (QED) is 0.515. The Labute approximate surface area is 61.4 Å². The highest BCUT2D eigenvalue weighted by Gasteiger charge is 2.19. The van der Waals surface area contributed by atoms with E-state index in [0.29, 0.717) is 12.1 Å². The molecule has 0 bridgehead atoms. The first-order valence-electron chi connectivity index (χ1n) is 3.68. The molecule has 1 amide bonds. The first kappa shape index (κ1) is 7.54. The normalized spacial score (nSPS) is 34.0. The fourth-order valence-electron chi connectivity index (χ4n) is 1.20. The molecule has 0 spiro atoms. The molecule has 0 radical (unpaired) electrons. The lowest BCUT2D eigenvalue weighted by atomic mass is 10.2. The SMILES string of the molecule is C[C@@H]1CN(C=O)[C@@H](C)CN1. The molecular weight excluding hydrogens is 128 g/mol. The molecule has 0 aromatic heterocycles. The zero-order valence-electron chi connectivity index (χ0n) is 6.50. The Balaban J connectivity index is 2.45. The number of carbonyl (C=O) groups is 1. The topological polar surface area (TPSA) is 32.3 Å². The minimum absolute atomic E-state index is 0.355. The molecule has 0 aromatic carbocycles. The molecule has 1 aliphatic rings. The molecule has 0 saturated carbocycles. The molecule has 1 heterocycles. The molecule has 0 aliphatic carbocycles. The maximum Gasteiger partial charge on any atom is 0.210 e. The van der Waals surface area contributed by atoms with E-state index in [-0.39, 0.29) is 0 Å². The van der Waals surface area contributed by atoms with Crippen LogP contribution in [0.15, 0.2) is 0 Å². The van der Waals surface area contributed by atoms with Gasteiger partial charge in [-0.15, -0.1) is 0 Å². The number of amides is 1. The van der Waals surface area contributed by atoms with Gasteiger partial charge in [-0.2, -0.15) is 0 Å². The maximum absolute atomic E-state index is 10.4. The Morgan fingerprint density at radius 3 is 2.80 bits per heavy atom. The van der Waals surface area contributed by atoms with Crippen LogP contribution in [0.2, 0.25) is 0 Å². The van der Waals surface area contributed by atoms with Crippen molar-refractivity contribution in [1.82, 2.24) is 10.2 Å². The average Bonchev–Trinajstić information content (AvgIpc) is 1.94. The van der Waals surface area contributed by atoms with Gasteiger partial charge < -0.3 is 10.2 Å². The lowest BCUT2D eigenvalue weighted by Crippen LogP contribution is -2.53. The van der Waals surface area contributed by atoms with Crippen LogP contribution in [-0.2, 0) is 4.79 Å². The van der Waals surface area contributed by atoms with E-state index in [1.54, 1.807) is 0 Å². The smallest absolute Gasteiger partial charge is 0.210 e. The molecule has 1 aliphatic heterocycles. The van der Waals surface area contributed by atoms with Gasteiger partial charge in [-0.1, -0.05) is 0 Å². The van der Waals surface area contributed by atoms with Crippen LogP contribution in [0.5, 0.6) is 0 Å². The van der Waals surface area contributed by atoms with Crippen LogP contribution in [-0.4, -0.2) is 36.5 Å². The van der Waals surface area contributed by atoms with Crippen LogP contribution < -0.4 is 5.32 Å². The molecule has 3 heteroatoms. The second-order valence-electron chi connectivity index (χ2n) is 2.96. The Morgan fingerprint density at radius 1 is 1.60 bits per heavy atom. The Kier molecular flexibility index (Phi) is 2.27. The number of nitrogens with zero attached hydrogens (tertiary/aromatic N) is 1. The van der Waals surface area contributed by atoms with E-state index in [2.05, 4.69) is 12.2 Å². The molecule has 0 aromatic rings. The average molecular weight is 142 g/mol. The Hall–Kier alpha value is -0.570. The summed E-state index contributed by atoms with van der Waals surface area (Å²) in [6, 6.07) is 0.801. The highest BCUT2D eigenvalue weighted by molar-refractivity contribution is 5.48. The van der Waals surface area contributed by atoms with Gasteiger partial charge in [0.15, 0.2) is 0 Å². The predicted octanol–water partition coefficient (Wildman–Crippen LogP) is -0.175. The predicted molar refractivity (Wildman–Crippen MR) is 39.7 cm³/mol. The van der Waals surface area contributed by atoms with Crippen LogP contribution in [0.1, 0.15) is 13.8 Å². The van der Waals surface area contributed by atoms with E-state index in [1.807, 2.05) is 11.8 Å². The van der Waals surface area contributed by atoms with Crippen LogP contribution in [0.3, 0.4) is 0 Å². The largest absolute Gasteiger partial charge is 0.340 e. The fraction of sp³-hybridized carbons (Fsp3) is 0.857. The van der Waals surface area contributed by atoms with Gasteiger partial charge in [0.1, 0.15) is 0 Å². The van der Waals surface area contributed by atoms with Crippen molar-refractivity contribution < 1.29 is 4.79 Å². The summed E-state index contributed by atoms with van der Waals surface area (Å²) in [5.74, 6) is 0. The first-order chi connectivity index (χ1) is 4.74. The maximum atomic E-state index is 10.4. The molecule has 3 nitrogen and oxygen atoms in total. The Bertz CT molecular complexity index is 127. The zero-order valence-corrected chi connectivity index (χ0v) is 6.50. The third kappa shape index (κ3) is 1.48. The third-order valence-electron chi connectivity index (χ3n) is 1.95. The lowest BCUT2D eigenvalue weighted by molar-refractivity contribution is -0.121. The zero-order chi connectivity index (χ0) is 7.56. The summed E-state index contributed by atoms with van der Waals surface area (Å²) in [6.07, 6.45) is 0.933. The van der Waals surface area contributed by atoms with Gasteiger partial charge in [0.25, 0.3) is 0 Å². The Morgan fingerprint density at radius 2 is 2.30 bits per heavy atom. The van der Waals surface area contributed by atoms with Gasteiger partial charge in [-0.05, 0) is 13.8 Å². The number of rotatable bonds is 1. The van der Waals surface area contributed by atoms with Gasteiger partial charge in [-0.25, -0.2) is 0 Å². The number of hydrogen-bond acceptors (Lipinski definition) is 2. The van der Waals surface area contributed by atoms with Gasteiger partial charge >= 0.3 is 0 Å². The fourth-order valence-corrected chi connectivity index (χ4v) is 1.20.